The van der Waals surface area contributed by atoms with E-state index in [-0.39, 0.29) is 5.97 Å². The molecule has 3 aromatic carbocycles. The molecule has 0 fully saturated rings. The molecule has 1 heterocycles. The highest BCUT2D eigenvalue weighted by Crippen LogP contribution is 2.28. The minimum absolute atomic E-state index is 0.359. The van der Waals surface area contributed by atoms with Crippen LogP contribution in [0.15, 0.2) is 88.9 Å². The zero-order valence-electron chi connectivity index (χ0n) is 15.3. The second-order valence-corrected chi connectivity index (χ2v) is 7.78. The van der Waals surface area contributed by atoms with Crippen LogP contribution in [0.25, 0.3) is 11.8 Å². The number of cyclic esters (lactones) is 1. The molecule has 0 aromatic heterocycles. The number of esters is 1. The van der Waals surface area contributed by atoms with Gasteiger partial charge in [-0.05, 0) is 48.0 Å². The quantitative estimate of drug-likeness (QED) is 0.311. The summed E-state index contributed by atoms with van der Waals surface area (Å²) in [7, 11) is 0. The molecule has 3 nitrogen and oxygen atoms in total. The maximum atomic E-state index is 12.2. The Balaban J connectivity index is 1.46. The predicted octanol–water partition coefficient (Wildman–Crippen LogP) is 6.66. The Labute approximate surface area is 182 Å². The second-order valence-electron chi connectivity index (χ2n) is 6.45. The van der Waals surface area contributed by atoms with E-state index in [4.69, 9.17) is 21.1 Å². The number of carbonyl (C=O) groups excluding carboxylic acids is 1. The number of benzene rings is 3. The van der Waals surface area contributed by atoms with Gasteiger partial charge in [0.05, 0.1) is 5.57 Å². The van der Waals surface area contributed by atoms with E-state index in [9.17, 15) is 4.79 Å². The number of carbonyl (C=O) groups is 1. The molecule has 0 atom stereocenters. The van der Waals surface area contributed by atoms with Gasteiger partial charge in [-0.1, -0.05) is 70.0 Å². The van der Waals surface area contributed by atoms with Crippen LogP contribution in [0.2, 0.25) is 5.02 Å². The number of hydrogen-bond donors (Lipinski definition) is 0. The molecule has 29 heavy (non-hydrogen) atoms. The molecule has 144 valence electrons. The molecule has 0 saturated heterocycles. The fraction of sp³-hybridized carbons (Fsp3) is 0.0417. The molecule has 0 saturated carbocycles. The second kappa shape index (κ2) is 8.68. The zero-order chi connectivity index (χ0) is 20.2. The van der Waals surface area contributed by atoms with Crippen molar-refractivity contribution in [2.75, 3.05) is 0 Å². The van der Waals surface area contributed by atoms with E-state index in [1.165, 1.54) is 0 Å². The zero-order valence-corrected chi connectivity index (χ0v) is 17.6. The van der Waals surface area contributed by atoms with Crippen LogP contribution in [0.1, 0.15) is 16.7 Å². The van der Waals surface area contributed by atoms with Gasteiger partial charge < -0.3 is 9.47 Å². The third-order valence-electron chi connectivity index (χ3n) is 4.41. The van der Waals surface area contributed by atoms with E-state index in [1.54, 1.807) is 12.2 Å². The van der Waals surface area contributed by atoms with Crippen molar-refractivity contribution in [3.8, 4) is 5.75 Å². The van der Waals surface area contributed by atoms with Gasteiger partial charge in [-0.3, -0.25) is 0 Å². The topological polar surface area (TPSA) is 35.5 Å². The van der Waals surface area contributed by atoms with Crippen molar-refractivity contribution in [2.24, 2.45) is 0 Å². The van der Waals surface area contributed by atoms with Gasteiger partial charge in [-0.25, -0.2) is 4.79 Å². The van der Waals surface area contributed by atoms with Gasteiger partial charge in [-0.15, -0.1) is 0 Å². The Hall–Kier alpha value is -2.82. The maximum Gasteiger partial charge on any atom is 0.343 e. The summed E-state index contributed by atoms with van der Waals surface area (Å²) < 4.78 is 12.2. The van der Waals surface area contributed by atoms with Crippen molar-refractivity contribution in [1.82, 2.24) is 0 Å². The Morgan fingerprint density at radius 2 is 1.69 bits per heavy atom. The Morgan fingerprint density at radius 1 is 0.966 bits per heavy atom. The highest BCUT2D eigenvalue weighted by molar-refractivity contribution is 9.10. The lowest BCUT2D eigenvalue weighted by molar-refractivity contribution is -0.130. The summed E-state index contributed by atoms with van der Waals surface area (Å²) in [6, 6.07) is 22.7. The van der Waals surface area contributed by atoms with Gasteiger partial charge in [0.2, 0.25) is 0 Å². The lowest BCUT2D eigenvalue weighted by atomic mass is 10.1. The van der Waals surface area contributed by atoms with Crippen molar-refractivity contribution >= 4 is 45.3 Å². The molecule has 0 spiro atoms. The Kier molecular flexibility index (Phi) is 5.84. The third kappa shape index (κ3) is 4.78. The Bertz CT molecular complexity index is 1100. The number of halogens is 2. The van der Waals surface area contributed by atoms with Crippen molar-refractivity contribution < 1.29 is 14.3 Å². The SMILES string of the molecule is O=C1OC(c2ccc(Br)cc2)=C/C1=C/c1ccc(OCc2ccccc2Cl)cc1. The molecule has 0 aliphatic carbocycles. The fourth-order valence-corrected chi connectivity index (χ4v) is 3.32. The van der Waals surface area contributed by atoms with E-state index >= 15 is 0 Å². The van der Waals surface area contributed by atoms with Gasteiger partial charge in [0.15, 0.2) is 0 Å². The average Bonchev–Trinajstić information content (AvgIpc) is 3.09. The van der Waals surface area contributed by atoms with E-state index in [0.717, 1.165) is 26.9 Å². The smallest absolute Gasteiger partial charge is 0.343 e. The van der Waals surface area contributed by atoms with E-state index in [1.807, 2.05) is 72.8 Å². The molecular formula is C24H16BrClO3. The first-order valence-electron chi connectivity index (χ1n) is 8.96. The molecule has 5 heteroatoms. The normalized spacial score (nSPS) is 14.6. The predicted molar refractivity (Wildman–Crippen MR) is 118 cm³/mol. The summed E-state index contributed by atoms with van der Waals surface area (Å²) in [6.45, 7) is 0.395. The van der Waals surface area contributed by atoms with Crippen LogP contribution in [0, 0.1) is 0 Å². The first kappa shape index (κ1) is 19.5. The summed E-state index contributed by atoms with van der Waals surface area (Å²) >= 11 is 9.55. The number of hydrogen-bond acceptors (Lipinski definition) is 3. The molecule has 3 aromatic rings. The molecule has 1 aliphatic heterocycles. The minimum atomic E-state index is -0.359. The first-order chi connectivity index (χ1) is 14.1. The van der Waals surface area contributed by atoms with Crippen molar-refractivity contribution in [1.29, 1.82) is 0 Å². The lowest BCUT2D eigenvalue weighted by Crippen LogP contribution is -1.97. The molecule has 0 N–H and O–H groups in total. The van der Waals surface area contributed by atoms with E-state index in [2.05, 4.69) is 15.9 Å². The van der Waals surface area contributed by atoms with Gasteiger partial charge >= 0.3 is 5.97 Å². The van der Waals surface area contributed by atoms with Crippen molar-refractivity contribution in [3.63, 3.8) is 0 Å². The van der Waals surface area contributed by atoms with Crippen molar-refractivity contribution in [3.05, 3.63) is 111 Å². The highest BCUT2D eigenvalue weighted by Gasteiger charge is 2.21. The standard InChI is InChI=1S/C24H16BrClO3/c25-20-9-7-17(8-10-20)23-14-19(24(27)29-23)13-16-5-11-21(12-6-16)28-15-18-3-1-2-4-22(18)26/h1-14H,15H2/b19-13-. The summed E-state index contributed by atoms with van der Waals surface area (Å²) in [5.74, 6) is 0.919. The van der Waals surface area contributed by atoms with Crippen LogP contribution in [-0.4, -0.2) is 5.97 Å². The summed E-state index contributed by atoms with van der Waals surface area (Å²) in [4.78, 5) is 12.2. The minimum Gasteiger partial charge on any atom is -0.489 e. The first-order valence-corrected chi connectivity index (χ1v) is 10.1. The molecule has 0 bridgehead atoms. The van der Waals surface area contributed by atoms with E-state index < -0.39 is 0 Å². The van der Waals surface area contributed by atoms with Crippen LogP contribution >= 0.6 is 27.5 Å². The largest absolute Gasteiger partial charge is 0.489 e. The van der Waals surface area contributed by atoms with Crippen LogP contribution in [0.5, 0.6) is 5.75 Å². The third-order valence-corrected chi connectivity index (χ3v) is 5.31. The summed E-state index contributed by atoms with van der Waals surface area (Å²) in [5.41, 5.74) is 3.18. The molecule has 4 rings (SSSR count). The molecule has 1 aliphatic rings. The van der Waals surface area contributed by atoms with Crippen LogP contribution in [-0.2, 0) is 16.1 Å². The summed E-state index contributed by atoms with van der Waals surface area (Å²) in [6.07, 6.45) is 3.55. The number of rotatable bonds is 5. The van der Waals surface area contributed by atoms with Gasteiger partial charge in [0, 0.05) is 20.6 Å². The van der Waals surface area contributed by atoms with Gasteiger partial charge in [0.25, 0.3) is 0 Å². The lowest BCUT2D eigenvalue weighted by Gasteiger charge is -2.08. The van der Waals surface area contributed by atoms with Gasteiger partial charge in [-0.2, -0.15) is 0 Å². The maximum absolute atomic E-state index is 12.2. The molecule has 0 unspecified atom stereocenters. The summed E-state index contributed by atoms with van der Waals surface area (Å²) in [5, 5.41) is 0.682. The van der Waals surface area contributed by atoms with Gasteiger partial charge in [0.1, 0.15) is 18.1 Å². The molecule has 0 radical (unpaired) electrons. The molecule has 0 amide bonds. The van der Waals surface area contributed by atoms with Crippen LogP contribution in [0.4, 0.5) is 0 Å². The number of ether oxygens (including phenoxy) is 2. The van der Waals surface area contributed by atoms with Crippen LogP contribution in [0.3, 0.4) is 0 Å². The fourth-order valence-electron chi connectivity index (χ4n) is 2.86. The van der Waals surface area contributed by atoms with Crippen LogP contribution < -0.4 is 4.74 Å². The van der Waals surface area contributed by atoms with Crippen molar-refractivity contribution in [2.45, 2.75) is 6.61 Å². The van der Waals surface area contributed by atoms with E-state index in [0.29, 0.717) is 23.0 Å². The Morgan fingerprint density at radius 3 is 2.41 bits per heavy atom. The monoisotopic (exact) mass is 466 g/mol. The highest BCUT2D eigenvalue weighted by atomic mass is 79.9. The molecular weight excluding hydrogens is 452 g/mol. The average molecular weight is 468 g/mol.